The number of hydrogen-bond donors (Lipinski definition) is 1. The molecule has 0 spiro atoms. The van der Waals surface area contributed by atoms with E-state index in [1.807, 2.05) is 13.0 Å². The van der Waals surface area contributed by atoms with E-state index in [4.69, 9.17) is 0 Å². The van der Waals surface area contributed by atoms with Gasteiger partial charge < -0.3 is 10.2 Å². The zero-order chi connectivity index (χ0) is 13.8. The van der Waals surface area contributed by atoms with Gasteiger partial charge in [-0.1, -0.05) is 0 Å². The lowest BCUT2D eigenvalue weighted by atomic mass is 9.97. The van der Waals surface area contributed by atoms with Crippen molar-refractivity contribution in [3.8, 4) is 0 Å². The predicted octanol–water partition coefficient (Wildman–Crippen LogP) is 1.90. The number of nitrogens with zero attached hydrogens (tertiary/aromatic N) is 3. The first-order valence-corrected chi connectivity index (χ1v) is 7.34. The van der Waals surface area contributed by atoms with Crippen LogP contribution in [0.25, 0.3) is 0 Å². The van der Waals surface area contributed by atoms with Gasteiger partial charge in [-0.2, -0.15) is 0 Å². The second-order valence-corrected chi connectivity index (χ2v) is 5.78. The molecule has 104 valence electrons. The Bertz CT molecular complexity index is 438. The number of carbonyl (C=O) groups excluding carboxylic acids is 1. The molecular formula is C13H19BrN4O. The highest BCUT2D eigenvalue weighted by atomic mass is 79.9. The Hall–Kier alpha value is -1.17. The molecule has 0 bridgehead atoms. The number of halogens is 1. The largest absolute Gasteiger partial charge is 0.356 e. The third kappa shape index (κ3) is 4.16. The van der Waals surface area contributed by atoms with Crippen LogP contribution in [0.3, 0.4) is 0 Å². The van der Waals surface area contributed by atoms with Crippen molar-refractivity contribution in [2.75, 3.05) is 24.5 Å². The molecule has 5 nitrogen and oxygen atoms in total. The molecule has 1 aliphatic heterocycles. The van der Waals surface area contributed by atoms with Gasteiger partial charge in [-0.3, -0.25) is 4.79 Å². The molecule has 1 saturated heterocycles. The molecular weight excluding hydrogens is 308 g/mol. The summed E-state index contributed by atoms with van der Waals surface area (Å²) in [7, 11) is 0. The van der Waals surface area contributed by atoms with Crippen LogP contribution in [0.2, 0.25) is 0 Å². The summed E-state index contributed by atoms with van der Waals surface area (Å²) >= 11 is 3.41. The summed E-state index contributed by atoms with van der Waals surface area (Å²) in [6, 6.07) is 1.96. The van der Waals surface area contributed by atoms with Crippen molar-refractivity contribution < 1.29 is 4.79 Å². The fourth-order valence-corrected chi connectivity index (χ4v) is 2.79. The molecule has 1 N–H and O–H groups in total. The monoisotopic (exact) mass is 326 g/mol. The van der Waals surface area contributed by atoms with Crippen molar-refractivity contribution in [1.29, 1.82) is 0 Å². The Labute approximate surface area is 121 Å². The molecule has 0 aromatic carbocycles. The average Bonchev–Trinajstić information content (AvgIpc) is 2.36. The Morgan fingerprint density at radius 1 is 1.47 bits per heavy atom. The quantitative estimate of drug-likeness (QED) is 0.862. The van der Waals surface area contributed by atoms with Crippen molar-refractivity contribution in [3.05, 3.63) is 16.5 Å². The van der Waals surface area contributed by atoms with Crippen LogP contribution in [0.1, 0.15) is 25.6 Å². The summed E-state index contributed by atoms with van der Waals surface area (Å²) in [6.07, 6.45) is 2.17. The average molecular weight is 327 g/mol. The number of aromatic nitrogens is 2. The van der Waals surface area contributed by atoms with Crippen LogP contribution in [-0.4, -0.2) is 35.5 Å². The number of piperidine rings is 1. The number of amides is 1. The Morgan fingerprint density at radius 2 is 2.16 bits per heavy atom. The van der Waals surface area contributed by atoms with Crippen LogP contribution in [0.5, 0.6) is 0 Å². The molecule has 0 atom stereocenters. The minimum Gasteiger partial charge on any atom is -0.356 e. The van der Waals surface area contributed by atoms with Gasteiger partial charge in [0.25, 0.3) is 0 Å². The molecule has 2 rings (SSSR count). The number of anilines is 1. The first kappa shape index (κ1) is 14.2. The number of hydrogen-bond acceptors (Lipinski definition) is 4. The molecule has 0 saturated carbocycles. The summed E-state index contributed by atoms with van der Waals surface area (Å²) in [5.41, 5.74) is 0. The van der Waals surface area contributed by atoms with Crippen molar-refractivity contribution in [3.63, 3.8) is 0 Å². The van der Waals surface area contributed by atoms with E-state index >= 15 is 0 Å². The summed E-state index contributed by atoms with van der Waals surface area (Å²) in [4.78, 5) is 21.9. The van der Waals surface area contributed by atoms with Crippen LogP contribution >= 0.6 is 15.9 Å². The van der Waals surface area contributed by atoms with Crippen molar-refractivity contribution in [2.45, 2.75) is 26.7 Å². The molecule has 19 heavy (non-hydrogen) atoms. The summed E-state index contributed by atoms with van der Waals surface area (Å²) in [6.45, 7) is 6.21. The standard InChI is InChI=1S/C13H19BrN4O/c1-9-16-12(14)7-13(17-9)18-5-3-11(4-6-18)8-15-10(2)19/h7,11H,3-6,8H2,1-2H3,(H,15,19). The van der Waals surface area contributed by atoms with Crippen LogP contribution in [0.4, 0.5) is 5.82 Å². The first-order valence-electron chi connectivity index (χ1n) is 6.55. The number of nitrogens with one attached hydrogen (secondary N) is 1. The topological polar surface area (TPSA) is 58.1 Å². The highest BCUT2D eigenvalue weighted by Gasteiger charge is 2.20. The van der Waals surface area contributed by atoms with E-state index in [1.54, 1.807) is 6.92 Å². The minimum absolute atomic E-state index is 0.0535. The second-order valence-electron chi connectivity index (χ2n) is 4.96. The number of aryl methyl sites for hydroxylation is 1. The van der Waals surface area contributed by atoms with E-state index in [-0.39, 0.29) is 5.91 Å². The van der Waals surface area contributed by atoms with Gasteiger partial charge in [0.05, 0.1) is 0 Å². The van der Waals surface area contributed by atoms with E-state index in [0.29, 0.717) is 5.92 Å². The van der Waals surface area contributed by atoms with Crippen LogP contribution in [-0.2, 0) is 4.79 Å². The molecule has 1 fully saturated rings. The molecule has 6 heteroatoms. The predicted molar refractivity (Wildman–Crippen MR) is 78.1 cm³/mol. The van der Waals surface area contributed by atoms with Gasteiger partial charge in [0.15, 0.2) is 0 Å². The van der Waals surface area contributed by atoms with Gasteiger partial charge in [-0.15, -0.1) is 0 Å². The first-order chi connectivity index (χ1) is 9.04. The lowest BCUT2D eigenvalue weighted by Gasteiger charge is -2.32. The SMILES string of the molecule is CC(=O)NCC1CCN(c2cc(Br)nc(C)n2)CC1. The van der Waals surface area contributed by atoms with E-state index in [0.717, 1.165) is 48.7 Å². The summed E-state index contributed by atoms with van der Waals surface area (Å²) in [5, 5.41) is 2.90. The van der Waals surface area contributed by atoms with Crippen molar-refractivity contribution in [1.82, 2.24) is 15.3 Å². The van der Waals surface area contributed by atoms with Gasteiger partial charge in [-0.25, -0.2) is 9.97 Å². The normalized spacial score (nSPS) is 16.5. The molecule has 1 amide bonds. The van der Waals surface area contributed by atoms with Crippen LogP contribution in [0.15, 0.2) is 10.7 Å². The minimum atomic E-state index is 0.0535. The fourth-order valence-electron chi connectivity index (χ4n) is 2.33. The smallest absolute Gasteiger partial charge is 0.216 e. The van der Waals surface area contributed by atoms with Gasteiger partial charge in [-0.05, 0) is 41.6 Å². The van der Waals surface area contributed by atoms with Crippen LogP contribution in [0, 0.1) is 12.8 Å². The van der Waals surface area contributed by atoms with E-state index in [9.17, 15) is 4.79 Å². The zero-order valence-corrected chi connectivity index (χ0v) is 12.9. The molecule has 1 aliphatic rings. The summed E-state index contributed by atoms with van der Waals surface area (Å²) in [5.74, 6) is 2.39. The zero-order valence-electron chi connectivity index (χ0n) is 11.3. The third-order valence-corrected chi connectivity index (χ3v) is 3.78. The molecule has 1 aromatic rings. The van der Waals surface area contributed by atoms with E-state index < -0.39 is 0 Å². The van der Waals surface area contributed by atoms with Crippen molar-refractivity contribution >= 4 is 27.7 Å². The van der Waals surface area contributed by atoms with Gasteiger partial charge in [0.2, 0.25) is 5.91 Å². The molecule has 0 aliphatic carbocycles. The molecule has 0 unspecified atom stereocenters. The maximum absolute atomic E-state index is 10.9. The van der Waals surface area contributed by atoms with Crippen LogP contribution < -0.4 is 10.2 Å². The van der Waals surface area contributed by atoms with Gasteiger partial charge in [0, 0.05) is 32.6 Å². The van der Waals surface area contributed by atoms with E-state index in [2.05, 4.69) is 36.1 Å². The highest BCUT2D eigenvalue weighted by molar-refractivity contribution is 9.10. The third-order valence-electron chi connectivity index (χ3n) is 3.37. The fraction of sp³-hybridized carbons (Fsp3) is 0.615. The molecule has 1 aromatic heterocycles. The Morgan fingerprint density at radius 3 is 2.74 bits per heavy atom. The van der Waals surface area contributed by atoms with E-state index in [1.165, 1.54) is 0 Å². The summed E-state index contributed by atoms with van der Waals surface area (Å²) < 4.78 is 0.829. The molecule has 0 radical (unpaired) electrons. The number of rotatable bonds is 3. The lowest BCUT2D eigenvalue weighted by molar-refractivity contribution is -0.119. The van der Waals surface area contributed by atoms with Gasteiger partial charge >= 0.3 is 0 Å². The van der Waals surface area contributed by atoms with Gasteiger partial charge in [0.1, 0.15) is 16.2 Å². The lowest BCUT2D eigenvalue weighted by Crippen LogP contribution is -2.38. The molecule has 2 heterocycles. The highest BCUT2D eigenvalue weighted by Crippen LogP contribution is 2.23. The Balaban J connectivity index is 1.90. The maximum Gasteiger partial charge on any atom is 0.216 e. The maximum atomic E-state index is 10.9. The van der Waals surface area contributed by atoms with Crippen molar-refractivity contribution in [2.24, 2.45) is 5.92 Å². The Kier molecular flexibility index (Phi) is 4.74. The number of carbonyl (C=O) groups is 1. The second kappa shape index (κ2) is 6.32.